The monoisotopic (exact) mass is 1050 g/mol. The zero-order valence-corrected chi connectivity index (χ0v) is 45.6. The minimum Gasteiger partial charge on any atom is -0.309 e. The highest BCUT2D eigenvalue weighted by Crippen LogP contribution is 2.44. The van der Waals surface area contributed by atoms with Gasteiger partial charge in [-0.15, -0.1) is 0 Å². The van der Waals surface area contributed by atoms with Gasteiger partial charge in [-0.2, -0.15) is 5.26 Å². The molecular formula is C75H51N7. The van der Waals surface area contributed by atoms with Crippen molar-refractivity contribution in [1.82, 2.24) is 24.1 Å². The Morgan fingerprint density at radius 1 is 0.341 bits per heavy atom. The maximum absolute atomic E-state index is 10.7. The Bertz CT molecular complexity index is 4510. The molecule has 0 radical (unpaired) electrons. The zero-order valence-electron chi connectivity index (χ0n) is 45.6. The van der Waals surface area contributed by atoms with Gasteiger partial charge in [-0.05, 0) is 173 Å². The summed E-state index contributed by atoms with van der Waals surface area (Å²) in [7, 11) is 0. The van der Waals surface area contributed by atoms with Gasteiger partial charge < -0.3 is 9.13 Å². The van der Waals surface area contributed by atoms with Crippen LogP contribution in [0.2, 0.25) is 0 Å². The molecule has 0 aliphatic heterocycles. The molecule has 0 aliphatic carbocycles. The number of nitriles is 1. The molecular weight excluding hydrogens is 999 g/mol. The number of hydrogen-bond acceptors (Lipinski definition) is 4. The molecule has 3 aromatic heterocycles. The average Bonchev–Trinajstić information content (AvgIpc) is 4.20. The van der Waals surface area contributed by atoms with Gasteiger partial charge in [-0.25, -0.2) is 19.8 Å². The lowest BCUT2D eigenvalue weighted by Gasteiger charge is -2.17. The van der Waals surface area contributed by atoms with Gasteiger partial charge in [0.1, 0.15) is 0 Å². The van der Waals surface area contributed by atoms with E-state index < -0.39 is 0 Å². The van der Waals surface area contributed by atoms with E-state index >= 15 is 0 Å². The first-order chi connectivity index (χ1) is 40.2. The second kappa shape index (κ2) is 20.0. The normalized spacial score (nSPS) is 11.4. The molecule has 0 saturated carbocycles. The summed E-state index contributed by atoms with van der Waals surface area (Å²) in [6, 6.07) is 84.9. The van der Waals surface area contributed by atoms with Crippen molar-refractivity contribution in [3.8, 4) is 96.1 Å². The largest absolute Gasteiger partial charge is 0.309 e. The molecule has 11 aromatic carbocycles. The van der Waals surface area contributed by atoms with Crippen molar-refractivity contribution in [3.63, 3.8) is 0 Å². The highest BCUT2D eigenvalue weighted by Gasteiger charge is 2.25. The number of rotatable bonds is 9. The van der Waals surface area contributed by atoms with E-state index in [1.54, 1.807) is 0 Å². The van der Waals surface area contributed by atoms with Gasteiger partial charge >= 0.3 is 0 Å². The smallest absolute Gasteiger partial charge is 0.188 e. The molecule has 7 nitrogen and oxygen atoms in total. The van der Waals surface area contributed by atoms with E-state index in [1.807, 2.05) is 66.7 Å². The number of nitrogens with zero attached hydrogens (tertiary/aromatic N) is 7. The fourth-order valence-electron chi connectivity index (χ4n) is 12.1. The molecule has 0 fully saturated rings. The molecule has 14 aromatic rings. The van der Waals surface area contributed by atoms with E-state index in [0.29, 0.717) is 39.9 Å². The van der Waals surface area contributed by atoms with Gasteiger partial charge in [0.05, 0.1) is 51.6 Å². The van der Waals surface area contributed by atoms with Crippen molar-refractivity contribution in [1.29, 1.82) is 5.26 Å². The van der Waals surface area contributed by atoms with Crippen LogP contribution in [0, 0.1) is 45.6 Å². The standard InChI is InChI=1S/C75H51N7/c1-46-17-9-13-23-57(46)52-28-34-67-61(40-52)62-41-53(58-24-14-10-18-47(58)2)29-35-68(62)81(67)71-33-27-50(45-76)39-65(71)74-78-73(51-21-7-6-8-22-51)79-75(80-74)66-44-56(77-5)32-38-72(66)82-69-36-30-54(59-25-15-11-19-48(59)3)42-63(69)64-43-55(31-37-70(64)82)60-26-16-12-20-49(60)4/h6-44H,1-4H3. The number of fused-ring (bicyclic) bond motifs is 6. The third-order valence-corrected chi connectivity index (χ3v) is 16.2. The van der Waals surface area contributed by atoms with Crippen molar-refractivity contribution in [2.45, 2.75) is 27.7 Å². The summed E-state index contributed by atoms with van der Waals surface area (Å²) in [4.78, 5) is 20.2. The lowest BCUT2D eigenvalue weighted by atomic mass is 9.97. The molecule has 0 saturated heterocycles. The number of aromatic nitrogens is 5. The highest BCUT2D eigenvalue weighted by molar-refractivity contribution is 6.14. The molecule has 0 unspecified atom stereocenters. The van der Waals surface area contributed by atoms with Gasteiger partial charge in [0.25, 0.3) is 0 Å². The summed E-state index contributed by atoms with van der Waals surface area (Å²) in [5.74, 6) is 1.22. The van der Waals surface area contributed by atoms with Gasteiger partial charge in [0.15, 0.2) is 23.2 Å². The summed E-state index contributed by atoms with van der Waals surface area (Å²) < 4.78 is 4.58. The summed E-state index contributed by atoms with van der Waals surface area (Å²) in [6.07, 6.45) is 0. The molecule has 0 spiro atoms. The Morgan fingerprint density at radius 3 is 1.07 bits per heavy atom. The first-order valence-corrected chi connectivity index (χ1v) is 27.5. The number of benzene rings is 11. The van der Waals surface area contributed by atoms with Crippen LogP contribution in [0.3, 0.4) is 0 Å². The molecule has 82 heavy (non-hydrogen) atoms. The second-order valence-corrected chi connectivity index (χ2v) is 21.2. The molecule has 0 aliphatic rings. The number of hydrogen-bond donors (Lipinski definition) is 0. The van der Waals surface area contributed by atoms with Gasteiger partial charge in [0.2, 0.25) is 0 Å². The summed E-state index contributed by atoms with van der Waals surface area (Å²) >= 11 is 0. The molecule has 0 bridgehead atoms. The van der Waals surface area contributed by atoms with Crippen molar-refractivity contribution in [2.75, 3.05) is 0 Å². The minimum atomic E-state index is 0.381. The van der Waals surface area contributed by atoms with Crippen molar-refractivity contribution in [2.24, 2.45) is 0 Å². The SMILES string of the molecule is [C-]#[N+]c1ccc(-n2c3ccc(-c4ccccc4C)cc3c3cc(-c4ccccc4C)ccc32)c(-c2nc(-c3ccccc3)nc(-c3cc(C#N)ccc3-n3c4ccc(-c5ccccc5C)cc4c4cc(-c5ccccc5C)ccc43)n2)c1. The van der Waals surface area contributed by atoms with Crippen LogP contribution in [0.25, 0.3) is 139 Å². The summed E-state index contributed by atoms with van der Waals surface area (Å²) in [5.41, 5.74) is 22.6. The maximum atomic E-state index is 10.7. The van der Waals surface area contributed by atoms with Crippen LogP contribution in [-0.2, 0) is 0 Å². The van der Waals surface area contributed by atoms with Crippen LogP contribution in [-0.4, -0.2) is 24.1 Å². The van der Waals surface area contributed by atoms with Crippen LogP contribution >= 0.6 is 0 Å². The van der Waals surface area contributed by atoms with Crippen LogP contribution < -0.4 is 0 Å². The molecule has 0 N–H and O–H groups in total. The lowest BCUT2D eigenvalue weighted by molar-refractivity contribution is 1.06. The van der Waals surface area contributed by atoms with Crippen molar-refractivity contribution < 1.29 is 0 Å². The van der Waals surface area contributed by atoms with Crippen molar-refractivity contribution in [3.05, 3.63) is 276 Å². The highest BCUT2D eigenvalue weighted by atomic mass is 15.1. The molecule has 7 heteroatoms. The predicted octanol–water partition coefficient (Wildman–Crippen LogP) is 19.4. The Hall–Kier alpha value is -11.0. The number of aryl methyl sites for hydroxylation is 4. The maximum Gasteiger partial charge on any atom is 0.188 e. The van der Waals surface area contributed by atoms with E-state index in [4.69, 9.17) is 21.5 Å². The second-order valence-electron chi connectivity index (χ2n) is 21.2. The van der Waals surface area contributed by atoms with E-state index in [1.165, 1.54) is 44.5 Å². The zero-order chi connectivity index (χ0) is 55.6. The third-order valence-electron chi connectivity index (χ3n) is 16.2. The van der Waals surface area contributed by atoms with Gasteiger partial charge in [-0.3, -0.25) is 0 Å². The van der Waals surface area contributed by atoms with Crippen LogP contribution in [0.1, 0.15) is 27.8 Å². The van der Waals surface area contributed by atoms with Gasteiger partial charge in [0, 0.05) is 38.2 Å². The minimum absolute atomic E-state index is 0.381. The Kier molecular flexibility index (Phi) is 12.0. The lowest BCUT2D eigenvalue weighted by Crippen LogP contribution is -2.06. The summed E-state index contributed by atoms with van der Waals surface area (Å²) in [5, 5.41) is 15.0. The Morgan fingerprint density at radius 2 is 0.695 bits per heavy atom. The molecule has 386 valence electrons. The van der Waals surface area contributed by atoms with Crippen LogP contribution in [0.15, 0.2) is 237 Å². The van der Waals surface area contributed by atoms with Crippen LogP contribution in [0.4, 0.5) is 5.69 Å². The quantitative estimate of drug-likeness (QED) is 0.135. The van der Waals surface area contributed by atoms with Crippen LogP contribution in [0.5, 0.6) is 0 Å². The molecule has 3 heterocycles. The topological polar surface area (TPSA) is 76.7 Å². The Labute approximate surface area is 475 Å². The summed E-state index contributed by atoms with van der Waals surface area (Å²) in [6.45, 7) is 17.0. The predicted molar refractivity (Wildman–Crippen MR) is 336 cm³/mol. The molecule has 0 atom stereocenters. The van der Waals surface area contributed by atoms with Crippen molar-refractivity contribution >= 4 is 49.3 Å². The fraction of sp³-hybridized carbons (Fsp3) is 0.0533. The van der Waals surface area contributed by atoms with E-state index in [2.05, 4.69) is 218 Å². The van der Waals surface area contributed by atoms with E-state index in [0.717, 1.165) is 82.8 Å². The van der Waals surface area contributed by atoms with Gasteiger partial charge in [-0.1, -0.05) is 158 Å². The fourth-order valence-corrected chi connectivity index (χ4v) is 12.1. The van der Waals surface area contributed by atoms with E-state index in [-0.39, 0.29) is 0 Å². The molecule has 0 amide bonds. The average molecular weight is 1050 g/mol. The third kappa shape index (κ3) is 8.39. The van der Waals surface area contributed by atoms with E-state index in [9.17, 15) is 5.26 Å². The first kappa shape index (κ1) is 49.3. The first-order valence-electron chi connectivity index (χ1n) is 27.5. The molecule has 14 rings (SSSR count). The Balaban J connectivity index is 1.03.